The fraction of sp³-hybridized carbons (Fsp3) is 0.679. The van der Waals surface area contributed by atoms with Crippen molar-refractivity contribution in [3.05, 3.63) is 30.0 Å². The highest BCUT2D eigenvalue weighted by molar-refractivity contribution is 6.05. The number of amides is 3. The number of aliphatic hydroxyl groups excluding tert-OH is 1. The molecule has 5 rings (SSSR count). The molecule has 3 amide bonds. The summed E-state index contributed by atoms with van der Waals surface area (Å²) in [5.74, 6) is -0.0922. The molecule has 0 spiro atoms. The zero-order valence-corrected chi connectivity index (χ0v) is 23.2. The van der Waals surface area contributed by atoms with Crippen LogP contribution >= 0.6 is 0 Å². The minimum atomic E-state index is -0.424. The van der Waals surface area contributed by atoms with E-state index in [1.54, 1.807) is 19.0 Å². The number of piperazine rings is 1. The number of hydrogen-bond acceptors (Lipinski definition) is 6. The van der Waals surface area contributed by atoms with Gasteiger partial charge in [0.1, 0.15) is 0 Å². The maximum Gasteiger partial charge on any atom is 0.319 e. The van der Waals surface area contributed by atoms with Gasteiger partial charge in [0.25, 0.3) is 5.91 Å². The van der Waals surface area contributed by atoms with E-state index in [1.807, 2.05) is 33.8 Å². The SMILES string of the molecule is CC(C)n1nc(C(=O)NC2C[C@H]3CC[C@@H](C2)N3CC(O)CN2CCN(C(=O)N(C)C)CC2)c2ccccc21. The maximum atomic E-state index is 13.3. The highest BCUT2D eigenvalue weighted by Gasteiger charge is 2.42. The van der Waals surface area contributed by atoms with E-state index in [0.29, 0.717) is 44.0 Å². The first-order valence-corrected chi connectivity index (χ1v) is 14.1. The Morgan fingerprint density at radius 1 is 1.05 bits per heavy atom. The molecule has 2 bridgehead atoms. The van der Waals surface area contributed by atoms with Crippen LogP contribution in [0.15, 0.2) is 24.3 Å². The van der Waals surface area contributed by atoms with Crippen molar-refractivity contribution in [3.8, 4) is 0 Å². The van der Waals surface area contributed by atoms with Crippen molar-refractivity contribution in [2.24, 2.45) is 0 Å². The van der Waals surface area contributed by atoms with Crippen LogP contribution in [0, 0.1) is 0 Å². The molecule has 4 heterocycles. The van der Waals surface area contributed by atoms with Crippen LogP contribution in [-0.2, 0) is 0 Å². The number of benzene rings is 1. The Labute approximate surface area is 225 Å². The van der Waals surface area contributed by atoms with Crippen molar-refractivity contribution in [2.75, 3.05) is 53.4 Å². The lowest BCUT2D eigenvalue weighted by atomic mass is 9.96. The first-order chi connectivity index (χ1) is 18.2. The smallest absolute Gasteiger partial charge is 0.319 e. The first kappa shape index (κ1) is 26.9. The zero-order chi connectivity index (χ0) is 27.0. The summed E-state index contributed by atoms with van der Waals surface area (Å²) in [6.45, 7) is 8.43. The average molecular weight is 526 g/mol. The summed E-state index contributed by atoms with van der Waals surface area (Å²) in [6, 6.07) is 9.06. The minimum absolute atomic E-state index is 0.0539. The zero-order valence-electron chi connectivity index (χ0n) is 23.2. The summed E-state index contributed by atoms with van der Waals surface area (Å²) in [7, 11) is 3.56. The predicted octanol–water partition coefficient (Wildman–Crippen LogP) is 2.00. The Balaban J connectivity index is 1.13. The number of β-amino-alcohol motifs (C(OH)–C–C–N with tert-alkyl or cyclic N) is 1. The van der Waals surface area contributed by atoms with Gasteiger partial charge in [0.05, 0.1) is 11.6 Å². The number of para-hydroxylation sites is 1. The van der Waals surface area contributed by atoms with Crippen LogP contribution in [0.25, 0.3) is 10.9 Å². The summed E-state index contributed by atoms with van der Waals surface area (Å²) < 4.78 is 1.93. The number of fused-ring (bicyclic) bond motifs is 3. The lowest BCUT2D eigenvalue weighted by Crippen LogP contribution is -2.55. The Morgan fingerprint density at radius 2 is 1.71 bits per heavy atom. The fourth-order valence-electron chi connectivity index (χ4n) is 6.60. The molecule has 3 aliphatic heterocycles. The van der Waals surface area contributed by atoms with Crippen molar-refractivity contribution >= 4 is 22.8 Å². The van der Waals surface area contributed by atoms with E-state index < -0.39 is 6.10 Å². The standard InChI is InChI=1S/C28H43N7O3/c1-19(2)35-25-8-6-5-7-24(25)26(30-35)27(37)29-20-15-21-9-10-22(16-20)34(21)18-23(36)17-32-11-13-33(14-12-32)28(38)31(3)4/h5-8,19-23,36H,9-18H2,1-4H3,(H,29,37)/t20?,21-,22+,23?. The van der Waals surface area contributed by atoms with Crippen LogP contribution in [-0.4, -0.2) is 124 Å². The van der Waals surface area contributed by atoms with Gasteiger partial charge in [-0.05, 0) is 45.6 Å². The lowest BCUT2D eigenvalue weighted by molar-refractivity contribution is 0.0244. The highest BCUT2D eigenvalue weighted by Crippen LogP contribution is 2.36. The third kappa shape index (κ3) is 5.53. The highest BCUT2D eigenvalue weighted by atomic mass is 16.3. The van der Waals surface area contributed by atoms with Gasteiger partial charge in [-0.2, -0.15) is 5.10 Å². The molecule has 1 aromatic carbocycles. The number of rotatable bonds is 7. The van der Waals surface area contributed by atoms with Gasteiger partial charge in [0, 0.05) is 82.9 Å². The van der Waals surface area contributed by atoms with E-state index in [2.05, 4.69) is 34.1 Å². The number of piperidine rings is 1. The predicted molar refractivity (Wildman–Crippen MR) is 147 cm³/mol. The van der Waals surface area contributed by atoms with Gasteiger partial charge in [0.15, 0.2) is 5.69 Å². The molecule has 10 nitrogen and oxygen atoms in total. The Morgan fingerprint density at radius 3 is 2.34 bits per heavy atom. The van der Waals surface area contributed by atoms with Gasteiger partial charge < -0.3 is 20.2 Å². The molecule has 3 fully saturated rings. The van der Waals surface area contributed by atoms with Crippen molar-refractivity contribution in [1.82, 2.24) is 34.7 Å². The summed E-state index contributed by atoms with van der Waals surface area (Å²) >= 11 is 0. The molecule has 38 heavy (non-hydrogen) atoms. The monoisotopic (exact) mass is 525 g/mol. The molecule has 2 N–H and O–H groups in total. The molecule has 0 radical (unpaired) electrons. The summed E-state index contributed by atoms with van der Waals surface area (Å²) in [4.78, 5) is 33.7. The molecule has 208 valence electrons. The fourth-order valence-corrected chi connectivity index (χ4v) is 6.60. The van der Waals surface area contributed by atoms with Gasteiger partial charge >= 0.3 is 6.03 Å². The number of hydrogen-bond donors (Lipinski definition) is 2. The molecular formula is C28H43N7O3. The van der Waals surface area contributed by atoms with Gasteiger partial charge in [-0.15, -0.1) is 0 Å². The molecule has 0 aliphatic carbocycles. The molecule has 3 aliphatic rings. The van der Waals surface area contributed by atoms with E-state index in [9.17, 15) is 14.7 Å². The van der Waals surface area contributed by atoms with Crippen molar-refractivity contribution in [1.29, 1.82) is 0 Å². The largest absolute Gasteiger partial charge is 0.390 e. The van der Waals surface area contributed by atoms with Crippen LogP contribution in [0.3, 0.4) is 0 Å². The molecule has 2 aromatic rings. The summed E-state index contributed by atoms with van der Waals surface area (Å²) in [6.07, 6.45) is 3.61. The van der Waals surface area contributed by atoms with Crippen molar-refractivity contribution in [3.63, 3.8) is 0 Å². The Hall–Kier alpha value is -2.69. The van der Waals surface area contributed by atoms with Gasteiger partial charge in [-0.25, -0.2) is 4.79 Å². The maximum absolute atomic E-state index is 13.3. The van der Waals surface area contributed by atoms with Crippen LogP contribution < -0.4 is 5.32 Å². The number of nitrogens with zero attached hydrogens (tertiary/aromatic N) is 6. The van der Waals surface area contributed by atoms with Crippen LogP contribution in [0.5, 0.6) is 0 Å². The van der Waals surface area contributed by atoms with E-state index in [-0.39, 0.29) is 24.0 Å². The lowest BCUT2D eigenvalue weighted by Gasteiger charge is -2.41. The minimum Gasteiger partial charge on any atom is -0.390 e. The number of nitrogens with one attached hydrogen (secondary N) is 1. The van der Waals surface area contributed by atoms with E-state index in [1.165, 1.54) is 0 Å². The number of carbonyl (C=O) groups excluding carboxylic acids is 2. The van der Waals surface area contributed by atoms with E-state index >= 15 is 0 Å². The molecular weight excluding hydrogens is 482 g/mol. The summed E-state index contributed by atoms with van der Waals surface area (Å²) in [5.41, 5.74) is 1.49. The van der Waals surface area contributed by atoms with E-state index in [4.69, 9.17) is 0 Å². The normalized spacial score (nSPS) is 25.2. The Kier molecular flexibility index (Phi) is 7.93. The van der Waals surface area contributed by atoms with Crippen molar-refractivity contribution in [2.45, 2.75) is 69.8 Å². The molecule has 3 saturated heterocycles. The number of urea groups is 1. The number of aromatic nitrogens is 2. The molecule has 4 atom stereocenters. The number of carbonyl (C=O) groups is 2. The second kappa shape index (κ2) is 11.2. The van der Waals surface area contributed by atoms with Crippen molar-refractivity contribution < 1.29 is 14.7 Å². The quantitative estimate of drug-likeness (QED) is 0.574. The van der Waals surface area contributed by atoms with Gasteiger partial charge in [-0.1, -0.05) is 18.2 Å². The second-order valence-corrected chi connectivity index (χ2v) is 11.7. The number of aliphatic hydroxyl groups is 1. The average Bonchev–Trinajstić information content (AvgIpc) is 3.38. The molecule has 0 saturated carbocycles. The van der Waals surface area contributed by atoms with Crippen LogP contribution in [0.2, 0.25) is 0 Å². The van der Waals surface area contributed by atoms with Gasteiger partial charge in [-0.3, -0.25) is 19.3 Å². The molecule has 2 unspecified atom stereocenters. The third-order valence-corrected chi connectivity index (χ3v) is 8.45. The Bertz CT molecular complexity index is 1130. The molecule has 10 heteroatoms. The summed E-state index contributed by atoms with van der Waals surface area (Å²) in [5, 5.41) is 19.8. The van der Waals surface area contributed by atoms with Crippen LogP contribution in [0.1, 0.15) is 56.1 Å². The first-order valence-electron chi connectivity index (χ1n) is 14.1. The van der Waals surface area contributed by atoms with E-state index in [0.717, 1.165) is 49.7 Å². The molecule has 1 aromatic heterocycles. The topological polar surface area (TPSA) is 97.2 Å². The van der Waals surface area contributed by atoms with Crippen LogP contribution in [0.4, 0.5) is 4.79 Å². The van der Waals surface area contributed by atoms with Gasteiger partial charge in [0.2, 0.25) is 0 Å². The third-order valence-electron chi connectivity index (χ3n) is 8.45. The second-order valence-electron chi connectivity index (χ2n) is 11.7.